The fraction of sp³-hybridized carbons (Fsp3) is 0.250. The molecule has 1 aliphatic heterocycles. The van der Waals surface area contributed by atoms with Crippen LogP contribution in [0.15, 0.2) is 36.4 Å². The predicted octanol–water partition coefficient (Wildman–Crippen LogP) is 3.18. The molecule has 0 aromatic heterocycles. The summed E-state index contributed by atoms with van der Waals surface area (Å²) in [4.78, 5) is 39.5. The third-order valence-electron chi connectivity index (χ3n) is 4.95. The van der Waals surface area contributed by atoms with Crippen LogP contribution in [0.5, 0.6) is 0 Å². The van der Waals surface area contributed by atoms with Crippen LogP contribution in [0, 0.1) is 17.5 Å². The molecule has 0 spiro atoms. The van der Waals surface area contributed by atoms with Gasteiger partial charge in [0.2, 0.25) is 5.91 Å². The zero-order valence-electron chi connectivity index (χ0n) is 16.0. The van der Waals surface area contributed by atoms with Crippen molar-refractivity contribution in [3.05, 3.63) is 70.0 Å². The van der Waals surface area contributed by atoms with Gasteiger partial charge in [0.25, 0.3) is 5.91 Å². The highest BCUT2D eigenvalue weighted by Gasteiger charge is 2.49. The maximum absolute atomic E-state index is 13.9. The van der Waals surface area contributed by atoms with E-state index in [2.05, 4.69) is 5.32 Å². The van der Waals surface area contributed by atoms with Gasteiger partial charge < -0.3 is 10.2 Å². The van der Waals surface area contributed by atoms with Crippen molar-refractivity contribution in [3.8, 4) is 0 Å². The van der Waals surface area contributed by atoms with Gasteiger partial charge in [0.15, 0.2) is 11.6 Å². The van der Waals surface area contributed by atoms with Crippen LogP contribution in [0.3, 0.4) is 0 Å². The molecule has 30 heavy (non-hydrogen) atoms. The van der Waals surface area contributed by atoms with Crippen LogP contribution in [-0.4, -0.2) is 41.2 Å². The highest BCUT2D eigenvalue weighted by atomic mass is 35.5. The minimum absolute atomic E-state index is 0.0289. The van der Waals surface area contributed by atoms with Crippen molar-refractivity contribution >= 4 is 29.4 Å². The summed E-state index contributed by atoms with van der Waals surface area (Å²) in [5, 5.41) is 2.54. The Labute approximate surface area is 175 Å². The number of hydrogen-bond donors (Lipinski definition) is 1. The smallest absolute Gasteiger partial charge is 0.325 e. The molecule has 2 aromatic carbocycles. The van der Waals surface area contributed by atoms with E-state index in [0.717, 1.165) is 17.0 Å². The normalized spacial score (nSPS) is 18.5. The van der Waals surface area contributed by atoms with Crippen molar-refractivity contribution in [2.24, 2.45) is 0 Å². The average molecular weight is 440 g/mol. The van der Waals surface area contributed by atoms with E-state index in [9.17, 15) is 27.6 Å². The van der Waals surface area contributed by atoms with Crippen LogP contribution < -0.4 is 5.32 Å². The third-order valence-corrected chi connectivity index (χ3v) is 5.30. The molecule has 0 aliphatic carbocycles. The van der Waals surface area contributed by atoms with Crippen molar-refractivity contribution in [2.45, 2.75) is 19.0 Å². The lowest BCUT2D eigenvalue weighted by molar-refractivity contribution is -0.138. The molecule has 0 saturated carbocycles. The van der Waals surface area contributed by atoms with Gasteiger partial charge in [0, 0.05) is 24.2 Å². The molecule has 0 bridgehead atoms. The first-order valence-electron chi connectivity index (χ1n) is 8.81. The van der Waals surface area contributed by atoms with E-state index in [1.54, 1.807) is 0 Å². The number of halogens is 4. The van der Waals surface area contributed by atoms with Gasteiger partial charge in [-0.15, -0.1) is 0 Å². The van der Waals surface area contributed by atoms with Gasteiger partial charge in [-0.05, 0) is 36.8 Å². The maximum Gasteiger partial charge on any atom is 0.325 e. The van der Waals surface area contributed by atoms with Crippen LogP contribution in [0.4, 0.5) is 18.0 Å². The Morgan fingerprint density at radius 3 is 2.47 bits per heavy atom. The van der Waals surface area contributed by atoms with Crippen molar-refractivity contribution in [3.63, 3.8) is 0 Å². The quantitative estimate of drug-likeness (QED) is 0.727. The van der Waals surface area contributed by atoms with Crippen molar-refractivity contribution in [2.75, 3.05) is 13.6 Å². The number of carbonyl (C=O) groups excluding carboxylic acids is 3. The van der Waals surface area contributed by atoms with Gasteiger partial charge in [-0.3, -0.25) is 14.5 Å². The Hall–Kier alpha value is -3.07. The Morgan fingerprint density at radius 1 is 1.13 bits per heavy atom. The van der Waals surface area contributed by atoms with Gasteiger partial charge in [-0.25, -0.2) is 18.0 Å². The Bertz CT molecular complexity index is 1030. The Kier molecular flexibility index (Phi) is 5.76. The van der Waals surface area contributed by atoms with E-state index in [-0.39, 0.29) is 22.7 Å². The minimum atomic E-state index is -1.67. The first kappa shape index (κ1) is 21.6. The number of likely N-dealkylation sites (N-methyl/N-ethyl adjacent to an activating group) is 1. The average Bonchev–Trinajstić information content (AvgIpc) is 2.90. The molecule has 2 aromatic rings. The van der Waals surface area contributed by atoms with Crippen LogP contribution in [-0.2, 0) is 21.7 Å². The second-order valence-electron chi connectivity index (χ2n) is 7.03. The summed E-state index contributed by atoms with van der Waals surface area (Å²) in [6, 6.07) is 6.06. The number of imide groups is 1. The molecule has 1 atom stereocenters. The monoisotopic (exact) mass is 439 g/mol. The van der Waals surface area contributed by atoms with Crippen molar-refractivity contribution < 1.29 is 27.6 Å². The zero-order valence-corrected chi connectivity index (χ0v) is 16.8. The molecule has 1 saturated heterocycles. The molecular formula is C20H17ClF3N3O3. The molecule has 1 aliphatic rings. The lowest BCUT2D eigenvalue weighted by Crippen LogP contribution is -2.43. The lowest BCUT2D eigenvalue weighted by Gasteiger charge is -2.23. The SMILES string of the molecule is CN(Cc1c(F)cccc1Cl)C(=O)CN1C(=O)NC(C)(c2ccc(F)c(F)c2)C1=O. The number of rotatable bonds is 5. The molecule has 1 fully saturated rings. The van der Waals surface area contributed by atoms with Gasteiger partial charge in [-0.1, -0.05) is 23.7 Å². The summed E-state index contributed by atoms with van der Waals surface area (Å²) >= 11 is 5.96. The second-order valence-corrected chi connectivity index (χ2v) is 7.43. The van der Waals surface area contributed by atoms with E-state index in [0.29, 0.717) is 4.90 Å². The number of hydrogen-bond acceptors (Lipinski definition) is 3. The standard InChI is InChI=1S/C20H17ClF3N3O3/c1-20(11-6-7-15(23)16(24)8-11)18(29)27(19(30)25-20)10-17(28)26(2)9-12-13(21)4-3-5-14(12)22/h3-8H,9-10H2,1-2H3,(H,25,30). The fourth-order valence-electron chi connectivity index (χ4n) is 3.11. The highest BCUT2D eigenvalue weighted by Crippen LogP contribution is 2.30. The molecule has 1 heterocycles. The van der Waals surface area contributed by atoms with E-state index in [4.69, 9.17) is 11.6 Å². The molecule has 0 radical (unpaired) electrons. The number of urea groups is 1. The summed E-state index contributed by atoms with van der Waals surface area (Å²) in [6.45, 7) is 0.536. The number of nitrogens with zero attached hydrogens (tertiary/aromatic N) is 2. The topological polar surface area (TPSA) is 69.7 Å². The molecule has 1 N–H and O–H groups in total. The van der Waals surface area contributed by atoms with Crippen LogP contribution in [0.25, 0.3) is 0 Å². The van der Waals surface area contributed by atoms with Gasteiger partial charge in [-0.2, -0.15) is 0 Å². The predicted molar refractivity (Wildman–Crippen MR) is 102 cm³/mol. The van der Waals surface area contributed by atoms with E-state index in [1.807, 2.05) is 0 Å². The number of benzene rings is 2. The second kappa shape index (κ2) is 7.98. The first-order valence-corrected chi connectivity index (χ1v) is 9.19. The van der Waals surface area contributed by atoms with Gasteiger partial charge >= 0.3 is 6.03 Å². The Morgan fingerprint density at radius 2 is 1.83 bits per heavy atom. The fourth-order valence-corrected chi connectivity index (χ4v) is 3.33. The summed E-state index contributed by atoms with van der Waals surface area (Å²) in [5.74, 6) is -4.31. The van der Waals surface area contributed by atoms with E-state index < -0.39 is 47.4 Å². The summed E-state index contributed by atoms with van der Waals surface area (Å²) < 4.78 is 40.8. The molecule has 3 rings (SSSR count). The van der Waals surface area contributed by atoms with Crippen LogP contribution >= 0.6 is 11.6 Å². The van der Waals surface area contributed by atoms with Crippen molar-refractivity contribution in [1.82, 2.24) is 15.1 Å². The number of carbonyl (C=O) groups is 3. The van der Waals surface area contributed by atoms with Crippen molar-refractivity contribution in [1.29, 1.82) is 0 Å². The van der Waals surface area contributed by atoms with E-state index in [1.165, 1.54) is 38.2 Å². The largest absolute Gasteiger partial charge is 0.340 e. The zero-order chi connectivity index (χ0) is 22.2. The first-order chi connectivity index (χ1) is 14.0. The lowest BCUT2D eigenvalue weighted by atomic mass is 9.92. The summed E-state index contributed by atoms with van der Waals surface area (Å²) in [6.07, 6.45) is 0. The molecule has 158 valence electrons. The Balaban J connectivity index is 1.76. The van der Waals surface area contributed by atoms with Crippen LogP contribution in [0.2, 0.25) is 5.02 Å². The van der Waals surface area contributed by atoms with Crippen LogP contribution in [0.1, 0.15) is 18.1 Å². The molecular weight excluding hydrogens is 423 g/mol. The van der Waals surface area contributed by atoms with Gasteiger partial charge in [0.1, 0.15) is 17.9 Å². The number of nitrogens with one attached hydrogen (secondary N) is 1. The molecule has 10 heteroatoms. The molecule has 6 nitrogen and oxygen atoms in total. The third kappa shape index (κ3) is 3.85. The maximum atomic E-state index is 13.9. The molecule has 1 unspecified atom stereocenters. The molecule has 4 amide bonds. The van der Waals surface area contributed by atoms with Gasteiger partial charge in [0.05, 0.1) is 0 Å². The van der Waals surface area contributed by atoms with E-state index >= 15 is 0 Å². The number of amides is 4. The summed E-state index contributed by atoms with van der Waals surface area (Å²) in [5.41, 5.74) is -1.54. The minimum Gasteiger partial charge on any atom is -0.340 e. The highest BCUT2D eigenvalue weighted by molar-refractivity contribution is 6.31. The summed E-state index contributed by atoms with van der Waals surface area (Å²) in [7, 11) is 1.37.